The normalized spacial score (nSPS) is 8.36. The van der Waals surface area contributed by atoms with E-state index in [-0.39, 0.29) is 0 Å². The Balaban J connectivity index is 0.000000379. The minimum Gasteiger partial charge on any atom is -0.351 e. The summed E-state index contributed by atoms with van der Waals surface area (Å²) in [6, 6.07) is 10.5. The summed E-state index contributed by atoms with van der Waals surface area (Å²) in [5.41, 5.74) is 1.29. The maximum absolute atomic E-state index is 2.15. The number of para-hydroxylation sites is 1. The Bertz CT molecular complexity index is 352. The van der Waals surface area contributed by atoms with Gasteiger partial charge in [-0.2, -0.15) is 0 Å². The van der Waals surface area contributed by atoms with E-state index in [2.05, 4.69) is 70.7 Å². The molecule has 0 saturated heterocycles. The van der Waals surface area contributed by atoms with Crippen molar-refractivity contribution in [1.29, 1.82) is 0 Å². The molecule has 1 heterocycles. The highest BCUT2D eigenvalue weighted by Gasteiger charge is 1.92. The van der Waals surface area contributed by atoms with Crippen molar-refractivity contribution in [2.24, 2.45) is 7.05 Å². The van der Waals surface area contributed by atoms with E-state index in [0.29, 0.717) is 0 Å². The van der Waals surface area contributed by atoms with Crippen molar-refractivity contribution in [3.8, 4) is 0 Å². The van der Waals surface area contributed by atoms with Crippen LogP contribution in [-0.2, 0) is 7.05 Å². The topological polar surface area (TPSA) is 4.93 Å². The molecule has 14 heavy (non-hydrogen) atoms. The first-order valence-electron chi connectivity index (χ1n) is 4.76. The largest absolute Gasteiger partial charge is 0.351 e. The average Bonchev–Trinajstić information content (AvgIpc) is 2.67. The van der Waals surface area contributed by atoms with Crippen LogP contribution < -0.4 is 0 Å². The van der Waals surface area contributed by atoms with Gasteiger partial charge in [-0.3, -0.25) is 0 Å². The molecule has 2 aromatic rings. The van der Waals surface area contributed by atoms with Gasteiger partial charge in [-0.25, -0.2) is 0 Å². The lowest BCUT2D eigenvalue weighted by Gasteiger charge is -1.92. The number of alkyl halides is 1. The molecule has 0 fully saturated rings. The number of benzene rings is 1. The third-order valence-electron chi connectivity index (χ3n) is 1.79. The molecular formula is C12H18IN. The monoisotopic (exact) mass is 303 g/mol. The minimum atomic E-state index is 1.29. The molecule has 0 radical (unpaired) electrons. The van der Waals surface area contributed by atoms with Crippen molar-refractivity contribution in [2.75, 3.05) is 4.93 Å². The molecule has 0 aliphatic heterocycles. The minimum absolute atomic E-state index is 1.29. The molecular weight excluding hydrogens is 285 g/mol. The first kappa shape index (κ1) is 13.5. The number of halogens is 1. The lowest BCUT2D eigenvalue weighted by molar-refractivity contribution is 0.969. The van der Waals surface area contributed by atoms with Crippen LogP contribution in [0.4, 0.5) is 0 Å². The predicted octanol–water partition coefficient (Wildman–Crippen LogP) is 4.26. The second-order valence-electron chi connectivity index (χ2n) is 2.49. The Morgan fingerprint density at radius 2 is 1.57 bits per heavy atom. The average molecular weight is 303 g/mol. The molecule has 0 N–H and O–H groups in total. The third-order valence-corrected chi connectivity index (χ3v) is 1.79. The van der Waals surface area contributed by atoms with Crippen LogP contribution in [0.25, 0.3) is 10.9 Å². The molecule has 0 aliphatic carbocycles. The zero-order chi connectivity index (χ0) is 11.0. The van der Waals surface area contributed by atoms with Crippen LogP contribution in [0.1, 0.15) is 13.8 Å². The molecule has 0 spiro atoms. The summed E-state index contributed by atoms with van der Waals surface area (Å²) < 4.78 is 2.12. The van der Waals surface area contributed by atoms with Gasteiger partial charge in [0.1, 0.15) is 0 Å². The van der Waals surface area contributed by atoms with Gasteiger partial charge in [-0.1, -0.05) is 54.6 Å². The van der Waals surface area contributed by atoms with Gasteiger partial charge in [-0.15, -0.1) is 0 Å². The van der Waals surface area contributed by atoms with E-state index in [1.54, 1.807) is 0 Å². The molecule has 1 aromatic carbocycles. The number of aryl methyl sites for hydroxylation is 1. The van der Waals surface area contributed by atoms with Crippen LogP contribution in [0.3, 0.4) is 0 Å². The van der Waals surface area contributed by atoms with Crippen LogP contribution in [0.2, 0.25) is 0 Å². The van der Waals surface area contributed by atoms with Gasteiger partial charge in [0.15, 0.2) is 0 Å². The highest BCUT2D eigenvalue weighted by atomic mass is 127. The van der Waals surface area contributed by atoms with Crippen molar-refractivity contribution in [3.63, 3.8) is 0 Å². The Hall–Kier alpha value is -0.510. The van der Waals surface area contributed by atoms with Gasteiger partial charge in [0.05, 0.1) is 0 Å². The highest BCUT2D eigenvalue weighted by molar-refractivity contribution is 14.1. The van der Waals surface area contributed by atoms with E-state index in [1.165, 1.54) is 10.9 Å². The summed E-state index contributed by atoms with van der Waals surface area (Å²) >= 11 is 2.15. The standard InChI is InChI=1S/C9H9N.C2H6.CH3I/c1-10-7-6-8-4-2-3-5-9(8)10;2*1-2/h2-7H,1H3;1-2H3;1H3. The first-order valence-corrected chi connectivity index (χ1v) is 6.91. The third kappa shape index (κ3) is 3.33. The zero-order valence-electron chi connectivity index (χ0n) is 9.29. The number of aromatic nitrogens is 1. The van der Waals surface area contributed by atoms with Crippen LogP contribution in [-0.4, -0.2) is 9.50 Å². The van der Waals surface area contributed by atoms with Crippen molar-refractivity contribution in [2.45, 2.75) is 13.8 Å². The molecule has 0 aliphatic rings. The van der Waals surface area contributed by atoms with Gasteiger partial charge in [0, 0.05) is 18.8 Å². The maximum atomic E-state index is 2.15. The summed E-state index contributed by atoms with van der Waals surface area (Å²) in [6.45, 7) is 4.00. The molecule has 78 valence electrons. The SMILES string of the molecule is CC.CI.Cn1ccc2ccccc21. The molecule has 0 atom stereocenters. The predicted molar refractivity (Wildman–Crippen MR) is 74.2 cm³/mol. The van der Waals surface area contributed by atoms with E-state index < -0.39 is 0 Å². The Kier molecular flexibility index (Phi) is 7.57. The number of rotatable bonds is 0. The second kappa shape index (κ2) is 7.85. The summed E-state index contributed by atoms with van der Waals surface area (Å²) in [7, 11) is 2.06. The second-order valence-corrected chi connectivity index (χ2v) is 2.49. The summed E-state index contributed by atoms with van der Waals surface area (Å²) in [6.07, 6.45) is 2.07. The van der Waals surface area contributed by atoms with Crippen molar-refractivity contribution in [3.05, 3.63) is 36.5 Å². The van der Waals surface area contributed by atoms with Crippen LogP contribution in [0, 0.1) is 0 Å². The quantitative estimate of drug-likeness (QED) is 0.506. The van der Waals surface area contributed by atoms with E-state index in [1.807, 2.05) is 18.8 Å². The summed E-state index contributed by atoms with van der Waals surface area (Å²) in [5, 5.41) is 1.31. The zero-order valence-corrected chi connectivity index (χ0v) is 11.4. The fourth-order valence-electron chi connectivity index (χ4n) is 1.22. The number of hydrogen-bond donors (Lipinski definition) is 0. The van der Waals surface area contributed by atoms with E-state index in [9.17, 15) is 0 Å². The van der Waals surface area contributed by atoms with Crippen LogP contribution >= 0.6 is 22.6 Å². The Morgan fingerprint density at radius 3 is 2.14 bits per heavy atom. The first-order chi connectivity index (χ1) is 6.88. The Morgan fingerprint density at radius 1 is 1.00 bits per heavy atom. The highest BCUT2D eigenvalue weighted by Crippen LogP contribution is 2.12. The van der Waals surface area contributed by atoms with Crippen molar-refractivity contribution >= 4 is 33.5 Å². The van der Waals surface area contributed by atoms with Crippen LogP contribution in [0.15, 0.2) is 36.5 Å². The Labute approximate surface area is 100 Å². The molecule has 0 saturated carbocycles. The van der Waals surface area contributed by atoms with Gasteiger partial charge in [0.2, 0.25) is 0 Å². The smallest absolute Gasteiger partial charge is 0.0477 e. The van der Waals surface area contributed by atoms with E-state index in [0.717, 1.165) is 0 Å². The van der Waals surface area contributed by atoms with Gasteiger partial charge >= 0.3 is 0 Å². The molecule has 0 unspecified atom stereocenters. The van der Waals surface area contributed by atoms with Crippen LogP contribution in [0.5, 0.6) is 0 Å². The maximum Gasteiger partial charge on any atom is 0.0477 e. The van der Waals surface area contributed by atoms with Crippen molar-refractivity contribution in [1.82, 2.24) is 4.57 Å². The fraction of sp³-hybridized carbons (Fsp3) is 0.333. The number of hydrogen-bond acceptors (Lipinski definition) is 0. The molecule has 2 rings (SSSR count). The molecule has 1 nitrogen and oxygen atoms in total. The van der Waals surface area contributed by atoms with E-state index in [4.69, 9.17) is 0 Å². The fourth-order valence-corrected chi connectivity index (χ4v) is 1.22. The van der Waals surface area contributed by atoms with Gasteiger partial charge in [-0.05, 0) is 22.4 Å². The summed E-state index contributed by atoms with van der Waals surface area (Å²) in [4.78, 5) is 1.97. The molecule has 0 amide bonds. The lowest BCUT2D eigenvalue weighted by Crippen LogP contribution is -1.81. The number of nitrogens with zero attached hydrogens (tertiary/aromatic N) is 1. The van der Waals surface area contributed by atoms with Gasteiger partial charge in [0.25, 0.3) is 0 Å². The molecule has 0 bridgehead atoms. The number of fused-ring (bicyclic) bond motifs is 1. The van der Waals surface area contributed by atoms with E-state index >= 15 is 0 Å². The van der Waals surface area contributed by atoms with Gasteiger partial charge < -0.3 is 4.57 Å². The molecule has 1 aromatic heterocycles. The van der Waals surface area contributed by atoms with Crippen molar-refractivity contribution < 1.29 is 0 Å². The lowest BCUT2D eigenvalue weighted by atomic mass is 10.2. The summed E-state index contributed by atoms with van der Waals surface area (Å²) in [5.74, 6) is 0. The molecule has 2 heteroatoms.